The van der Waals surface area contributed by atoms with Crippen molar-refractivity contribution in [3.63, 3.8) is 0 Å². The Kier molecular flexibility index (Phi) is 2.99. The molecule has 0 aliphatic rings. The average Bonchev–Trinajstić information content (AvgIpc) is 2.90. The van der Waals surface area contributed by atoms with E-state index in [0.717, 1.165) is 21.3 Å². The fraction of sp³-hybridized carbons (Fsp3) is 0. The number of rotatable bonds is 2. The molecule has 2 nitrogen and oxygen atoms in total. The fourth-order valence-electron chi connectivity index (χ4n) is 1.77. The summed E-state index contributed by atoms with van der Waals surface area (Å²) < 4.78 is 6.52. The zero-order valence-electron chi connectivity index (χ0n) is 9.51. The number of aromatic nitrogens is 1. The average molecular weight is 300 g/mol. The van der Waals surface area contributed by atoms with E-state index < -0.39 is 0 Å². The first kappa shape index (κ1) is 11.2. The maximum atomic E-state index is 5.54. The summed E-state index contributed by atoms with van der Waals surface area (Å²) in [5.41, 5.74) is 2.86. The van der Waals surface area contributed by atoms with Crippen LogP contribution in [0, 0.1) is 0 Å². The maximum absolute atomic E-state index is 5.54. The van der Waals surface area contributed by atoms with Crippen LogP contribution in [0.3, 0.4) is 0 Å². The summed E-state index contributed by atoms with van der Waals surface area (Å²) in [7, 11) is 0. The van der Waals surface area contributed by atoms with Crippen LogP contribution in [-0.2, 0) is 0 Å². The Morgan fingerprint density at radius 3 is 2.39 bits per heavy atom. The summed E-state index contributed by atoms with van der Waals surface area (Å²) in [5.74, 6) is 0.626. The van der Waals surface area contributed by atoms with Crippen LogP contribution in [0.15, 0.2) is 69.8 Å². The van der Waals surface area contributed by atoms with E-state index in [4.69, 9.17) is 4.42 Å². The van der Waals surface area contributed by atoms with E-state index >= 15 is 0 Å². The molecule has 0 atom stereocenters. The van der Waals surface area contributed by atoms with Gasteiger partial charge in [-0.15, -0.1) is 0 Å². The molecule has 2 aromatic carbocycles. The van der Waals surface area contributed by atoms with Crippen molar-refractivity contribution < 1.29 is 4.42 Å². The topological polar surface area (TPSA) is 26.0 Å². The van der Waals surface area contributed by atoms with Gasteiger partial charge in [0.25, 0.3) is 0 Å². The number of hydrogen-bond donors (Lipinski definition) is 0. The largest absolute Gasteiger partial charge is 0.444 e. The van der Waals surface area contributed by atoms with E-state index in [9.17, 15) is 0 Å². The predicted molar refractivity (Wildman–Crippen MR) is 75.1 cm³/mol. The maximum Gasteiger partial charge on any atom is 0.227 e. The molecule has 0 saturated heterocycles. The lowest BCUT2D eigenvalue weighted by molar-refractivity contribution is 0.574. The van der Waals surface area contributed by atoms with Crippen LogP contribution in [-0.4, -0.2) is 4.98 Å². The first-order valence-electron chi connectivity index (χ1n) is 5.60. The summed E-state index contributed by atoms with van der Waals surface area (Å²) in [6.07, 6.45) is 1.68. The molecule has 0 unspecified atom stereocenters. The van der Waals surface area contributed by atoms with Crippen LogP contribution in [0.25, 0.3) is 22.7 Å². The molecule has 3 rings (SSSR count). The van der Waals surface area contributed by atoms with Crippen molar-refractivity contribution in [1.82, 2.24) is 4.98 Å². The Morgan fingerprint density at radius 1 is 0.889 bits per heavy atom. The van der Waals surface area contributed by atoms with Gasteiger partial charge in [-0.2, -0.15) is 0 Å². The Hall–Kier alpha value is -1.87. The molecule has 0 aliphatic carbocycles. The highest BCUT2D eigenvalue weighted by Gasteiger charge is 2.10. The van der Waals surface area contributed by atoms with Gasteiger partial charge < -0.3 is 4.42 Å². The van der Waals surface area contributed by atoms with Crippen molar-refractivity contribution in [3.8, 4) is 22.7 Å². The van der Waals surface area contributed by atoms with Gasteiger partial charge in [0.1, 0.15) is 12.0 Å². The van der Waals surface area contributed by atoms with Gasteiger partial charge in [0.05, 0.1) is 5.56 Å². The van der Waals surface area contributed by atoms with Crippen molar-refractivity contribution in [2.75, 3.05) is 0 Å². The Labute approximate surface area is 113 Å². The highest BCUT2D eigenvalue weighted by Crippen LogP contribution is 2.29. The van der Waals surface area contributed by atoms with Gasteiger partial charge >= 0.3 is 0 Å². The third-order valence-corrected chi connectivity index (χ3v) is 3.37. The van der Waals surface area contributed by atoms with E-state index in [0.29, 0.717) is 5.89 Å². The van der Waals surface area contributed by atoms with E-state index in [2.05, 4.69) is 20.9 Å². The van der Waals surface area contributed by atoms with Gasteiger partial charge in [-0.3, -0.25) is 0 Å². The summed E-state index contributed by atoms with van der Waals surface area (Å²) >= 11 is 3.50. The van der Waals surface area contributed by atoms with Crippen LogP contribution in [0.1, 0.15) is 0 Å². The molecule has 3 heteroatoms. The third kappa shape index (κ3) is 2.09. The molecule has 0 N–H and O–H groups in total. The molecule has 88 valence electrons. The number of halogens is 1. The SMILES string of the molecule is Brc1ccccc1-c1nc(-c2ccccc2)co1. The minimum atomic E-state index is 0.626. The van der Waals surface area contributed by atoms with Gasteiger partial charge in [-0.25, -0.2) is 4.98 Å². The molecule has 0 saturated carbocycles. The van der Waals surface area contributed by atoms with Crippen molar-refractivity contribution in [3.05, 3.63) is 65.3 Å². The first-order chi connectivity index (χ1) is 8.84. The van der Waals surface area contributed by atoms with E-state index in [1.807, 2.05) is 54.6 Å². The Balaban J connectivity index is 2.03. The molecular weight excluding hydrogens is 290 g/mol. The number of hydrogen-bond acceptors (Lipinski definition) is 2. The summed E-state index contributed by atoms with van der Waals surface area (Å²) in [6, 6.07) is 17.9. The number of benzene rings is 2. The second-order valence-corrected chi connectivity index (χ2v) is 4.74. The van der Waals surface area contributed by atoms with Gasteiger partial charge in [0.2, 0.25) is 5.89 Å². The second kappa shape index (κ2) is 4.78. The Morgan fingerprint density at radius 2 is 1.61 bits per heavy atom. The summed E-state index contributed by atoms with van der Waals surface area (Å²) in [5, 5.41) is 0. The van der Waals surface area contributed by atoms with E-state index in [1.54, 1.807) is 6.26 Å². The van der Waals surface area contributed by atoms with Crippen LogP contribution in [0.4, 0.5) is 0 Å². The summed E-state index contributed by atoms with van der Waals surface area (Å²) in [4.78, 5) is 4.51. The summed E-state index contributed by atoms with van der Waals surface area (Å²) in [6.45, 7) is 0. The van der Waals surface area contributed by atoms with E-state index in [-0.39, 0.29) is 0 Å². The molecule has 0 amide bonds. The first-order valence-corrected chi connectivity index (χ1v) is 6.40. The van der Waals surface area contributed by atoms with Crippen molar-refractivity contribution in [2.24, 2.45) is 0 Å². The molecule has 1 aromatic heterocycles. The molecule has 0 spiro atoms. The molecule has 3 aromatic rings. The van der Waals surface area contributed by atoms with Crippen molar-refractivity contribution in [1.29, 1.82) is 0 Å². The molecule has 0 radical (unpaired) electrons. The van der Waals surface area contributed by atoms with Gasteiger partial charge in [0.15, 0.2) is 0 Å². The predicted octanol–water partition coefficient (Wildman–Crippen LogP) is 4.77. The highest BCUT2D eigenvalue weighted by atomic mass is 79.9. The molecule has 0 aliphatic heterocycles. The normalized spacial score (nSPS) is 10.5. The zero-order valence-corrected chi connectivity index (χ0v) is 11.1. The lowest BCUT2D eigenvalue weighted by Crippen LogP contribution is -1.80. The molecular formula is C15H10BrNO. The number of nitrogens with zero attached hydrogens (tertiary/aromatic N) is 1. The minimum Gasteiger partial charge on any atom is -0.444 e. The lowest BCUT2D eigenvalue weighted by Gasteiger charge is -1.97. The van der Waals surface area contributed by atoms with Gasteiger partial charge in [-0.1, -0.05) is 42.5 Å². The van der Waals surface area contributed by atoms with Crippen LogP contribution >= 0.6 is 15.9 Å². The Bertz CT molecular complexity index is 661. The van der Waals surface area contributed by atoms with E-state index in [1.165, 1.54) is 0 Å². The lowest BCUT2D eigenvalue weighted by atomic mass is 10.2. The van der Waals surface area contributed by atoms with Crippen molar-refractivity contribution in [2.45, 2.75) is 0 Å². The molecule has 0 bridgehead atoms. The monoisotopic (exact) mass is 299 g/mol. The quantitative estimate of drug-likeness (QED) is 0.681. The molecule has 18 heavy (non-hydrogen) atoms. The smallest absolute Gasteiger partial charge is 0.227 e. The van der Waals surface area contributed by atoms with Crippen LogP contribution < -0.4 is 0 Å². The fourth-order valence-corrected chi connectivity index (χ4v) is 2.23. The molecule has 0 fully saturated rings. The van der Waals surface area contributed by atoms with Gasteiger partial charge in [0, 0.05) is 10.0 Å². The third-order valence-electron chi connectivity index (χ3n) is 2.68. The zero-order chi connectivity index (χ0) is 12.4. The minimum absolute atomic E-state index is 0.626. The standard InChI is InChI=1S/C15H10BrNO/c16-13-9-5-4-8-12(13)15-17-14(10-18-15)11-6-2-1-3-7-11/h1-10H. The van der Waals surface area contributed by atoms with Crippen LogP contribution in [0.2, 0.25) is 0 Å². The molecule has 1 heterocycles. The highest BCUT2D eigenvalue weighted by molar-refractivity contribution is 9.10. The second-order valence-electron chi connectivity index (χ2n) is 3.88. The van der Waals surface area contributed by atoms with Crippen LogP contribution in [0.5, 0.6) is 0 Å². The number of oxazole rings is 1. The van der Waals surface area contributed by atoms with Crippen molar-refractivity contribution >= 4 is 15.9 Å². The van der Waals surface area contributed by atoms with Gasteiger partial charge in [-0.05, 0) is 28.1 Å².